The van der Waals surface area contributed by atoms with Crippen molar-refractivity contribution in [1.82, 2.24) is 9.88 Å². The molecule has 1 atom stereocenters. The third-order valence-electron chi connectivity index (χ3n) is 5.43. The molecule has 3 rings (SSSR count). The lowest BCUT2D eigenvalue weighted by molar-refractivity contribution is -0.143. The number of nitrogens with zero attached hydrogens (tertiary/aromatic N) is 1. The van der Waals surface area contributed by atoms with Crippen LogP contribution < -0.4 is 16.2 Å². The van der Waals surface area contributed by atoms with Crippen LogP contribution in [-0.4, -0.2) is 28.3 Å². The number of ether oxygens (including phenoxy) is 1. The molecular weight excluding hydrogens is 434 g/mol. The number of aromatic nitrogens is 1. The van der Waals surface area contributed by atoms with Crippen LogP contribution in [0, 0.1) is 13.8 Å². The van der Waals surface area contributed by atoms with Crippen molar-refractivity contribution < 1.29 is 19.4 Å². The van der Waals surface area contributed by atoms with E-state index in [1.54, 1.807) is 13.8 Å². The van der Waals surface area contributed by atoms with E-state index in [2.05, 4.69) is 10.6 Å². The number of urea groups is 1. The number of amides is 2. The Labute approximate surface area is 198 Å². The van der Waals surface area contributed by atoms with Crippen LogP contribution in [0.25, 0.3) is 11.1 Å². The maximum Gasteiger partial charge on any atom is 0.319 e. The smallest absolute Gasteiger partial charge is 0.319 e. The third-order valence-corrected chi connectivity index (χ3v) is 5.43. The topological polar surface area (TPSA) is 110 Å². The molecule has 0 bridgehead atoms. The number of carbonyl (C=O) groups excluding carboxylic acids is 2. The minimum absolute atomic E-state index is 0.101. The summed E-state index contributed by atoms with van der Waals surface area (Å²) in [6.45, 7) is 5.56. The van der Waals surface area contributed by atoms with Gasteiger partial charge in [-0.25, -0.2) is 4.79 Å². The lowest BCUT2D eigenvalue weighted by atomic mass is 9.97. The number of carbonyl (C=O) groups is 2. The minimum Gasteiger partial charge on any atom is -0.505 e. The molecule has 2 aromatic carbocycles. The van der Waals surface area contributed by atoms with E-state index in [1.165, 1.54) is 17.8 Å². The second-order valence-corrected chi connectivity index (χ2v) is 8.10. The first kappa shape index (κ1) is 24.6. The third kappa shape index (κ3) is 5.83. The highest BCUT2D eigenvalue weighted by molar-refractivity contribution is 5.91. The molecule has 0 saturated heterocycles. The molecule has 178 valence electrons. The highest BCUT2D eigenvalue weighted by Gasteiger charge is 2.22. The molecule has 3 aromatic rings. The summed E-state index contributed by atoms with van der Waals surface area (Å²) < 4.78 is 6.36. The van der Waals surface area contributed by atoms with Crippen molar-refractivity contribution in [3.05, 3.63) is 81.8 Å². The molecule has 0 aliphatic heterocycles. The Balaban J connectivity index is 1.89. The summed E-state index contributed by atoms with van der Waals surface area (Å²) in [6, 6.07) is 14.1. The van der Waals surface area contributed by atoms with Crippen molar-refractivity contribution in [1.29, 1.82) is 0 Å². The van der Waals surface area contributed by atoms with E-state index < -0.39 is 23.6 Å². The summed E-state index contributed by atoms with van der Waals surface area (Å²) in [5.74, 6) is -0.774. The Kier molecular flexibility index (Phi) is 7.73. The van der Waals surface area contributed by atoms with Gasteiger partial charge >= 0.3 is 12.0 Å². The predicted octanol–water partition coefficient (Wildman–Crippen LogP) is 4.19. The number of esters is 1. The molecule has 1 heterocycles. The number of aromatic hydroxyl groups is 1. The van der Waals surface area contributed by atoms with Gasteiger partial charge in [-0.05, 0) is 43.5 Å². The second-order valence-electron chi connectivity index (χ2n) is 8.10. The SMILES string of the molecule is CCOC(=O)CC(NC(=O)Nc1c(O)c(C)cn(C)c1=O)c1cccc(-c2ccc(C)cc2)c1. The van der Waals surface area contributed by atoms with Crippen molar-refractivity contribution >= 4 is 17.7 Å². The second kappa shape index (κ2) is 10.7. The van der Waals surface area contributed by atoms with E-state index >= 15 is 0 Å². The molecule has 0 aliphatic rings. The molecule has 0 radical (unpaired) electrons. The first-order valence-corrected chi connectivity index (χ1v) is 11.0. The van der Waals surface area contributed by atoms with Gasteiger partial charge in [0.15, 0.2) is 5.69 Å². The van der Waals surface area contributed by atoms with Crippen LogP contribution in [0.1, 0.15) is 36.1 Å². The van der Waals surface area contributed by atoms with Crippen molar-refractivity contribution in [2.75, 3.05) is 11.9 Å². The molecule has 8 nitrogen and oxygen atoms in total. The van der Waals surface area contributed by atoms with Gasteiger partial charge in [0.05, 0.1) is 19.1 Å². The zero-order chi connectivity index (χ0) is 24.8. The Morgan fingerprint density at radius 2 is 1.79 bits per heavy atom. The average molecular weight is 464 g/mol. The van der Waals surface area contributed by atoms with Crippen LogP contribution in [0.5, 0.6) is 5.75 Å². The predicted molar refractivity (Wildman–Crippen MR) is 131 cm³/mol. The minimum atomic E-state index is -0.729. The zero-order valence-electron chi connectivity index (χ0n) is 19.7. The number of nitrogens with one attached hydrogen (secondary N) is 2. The Bertz CT molecular complexity index is 1250. The molecule has 1 aromatic heterocycles. The number of hydrogen-bond donors (Lipinski definition) is 3. The van der Waals surface area contributed by atoms with Crippen LogP contribution in [-0.2, 0) is 16.6 Å². The molecule has 0 fully saturated rings. The van der Waals surface area contributed by atoms with Crippen LogP contribution >= 0.6 is 0 Å². The maximum absolute atomic E-state index is 12.8. The molecule has 8 heteroatoms. The van der Waals surface area contributed by atoms with Gasteiger partial charge in [0.25, 0.3) is 5.56 Å². The first-order valence-electron chi connectivity index (χ1n) is 11.0. The van der Waals surface area contributed by atoms with Gasteiger partial charge in [0.1, 0.15) is 5.75 Å². The first-order chi connectivity index (χ1) is 16.2. The van der Waals surface area contributed by atoms with E-state index in [0.717, 1.165) is 16.7 Å². The van der Waals surface area contributed by atoms with E-state index in [4.69, 9.17) is 4.74 Å². The van der Waals surface area contributed by atoms with Crippen LogP contribution in [0.3, 0.4) is 0 Å². The summed E-state index contributed by atoms with van der Waals surface area (Å²) >= 11 is 0. The fourth-order valence-corrected chi connectivity index (χ4v) is 3.63. The fraction of sp³-hybridized carbons (Fsp3) is 0.269. The Morgan fingerprint density at radius 1 is 1.09 bits per heavy atom. The summed E-state index contributed by atoms with van der Waals surface area (Å²) in [7, 11) is 1.53. The standard InChI is InChI=1S/C26H29N3O5/c1-5-34-22(30)14-21(20-8-6-7-19(13-20)18-11-9-16(2)10-12-18)27-26(33)28-23-24(31)17(3)15-29(4)25(23)32/h6-13,15,21,31H,5,14H2,1-4H3,(H2,27,28,33). The maximum atomic E-state index is 12.8. The van der Waals surface area contributed by atoms with Gasteiger partial charge in [0, 0.05) is 18.8 Å². The van der Waals surface area contributed by atoms with Gasteiger partial charge < -0.3 is 25.0 Å². The summed E-state index contributed by atoms with van der Waals surface area (Å²) in [4.78, 5) is 37.5. The quantitative estimate of drug-likeness (QED) is 0.455. The largest absolute Gasteiger partial charge is 0.505 e. The van der Waals surface area contributed by atoms with Gasteiger partial charge in [-0.15, -0.1) is 0 Å². The van der Waals surface area contributed by atoms with Gasteiger partial charge in [-0.2, -0.15) is 0 Å². The van der Waals surface area contributed by atoms with Gasteiger partial charge in [-0.3, -0.25) is 9.59 Å². The van der Waals surface area contributed by atoms with Crippen molar-refractivity contribution in [3.8, 4) is 16.9 Å². The van der Waals surface area contributed by atoms with Gasteiger partial charge in [0.2, 0.25) is 0 Å². The van der Waals surface area contributed by atoms with Crippen LogP contribution in [0.4, 0.5) is 10.5 Å². The molecule has 1 unspecified atom stereocenters. The number of anilines is 1. The highest BCUT2D eigenvalue weighted by atomic mass is 16.5. The normalized spacial score (nSPS) is 11.5. The lowest BCUT2D eigenvalue weighted by Crippen LogP contribution is -2.36. The van der Waals surface area contributed by atoms with Crippen LogP contribution in [0.15, 0.2) is 59.5 Å². The molecule has 0 saturated carbocycles. The van der Waals surface area contributed by atoms with Crippen molar-refractivity contribution in [2.45, 2.75) is 33.2 Å². The number of hydrogen-bond acceptors (Lipinski definition) is 5. The van der Waals surface area contributed by atoms with E-state index in [-0.39, 0.29) is 24.5 Å². The molecular formula is C26H29N3O5. The highest BCUT2D eigenvalue weighted by Crippen LogP contribution is 2.26. The van der Waals surface area contributed by atoms with E-state index in [1.807, 2.05) is 55.5 Å². The molecule has 2 amide bonds. The molecule has 0 spiro atoms. The Hall–Kier alpha value is -4.07. The Morgan fingerprint density at radius 3 is 2.47 bits per heavy atom. The molecule has 3 N–H and O–H groups in total. The summed E-state index contributed by atoms with van der Waals surface area (Å²) in [6.07, 6.45) is 1.37. The monoisotopic (exact) mass is 463 g/mol. The van der Waals surface area contributed by atoms with Gasteiger partial charge in [-0.1, -0.05) is 48.0 Å². The van der Waals surface area contributed by atoms with Crippen LogP contribution in [0.2, 0.25) is 0 Å². The molecule has 34 heavy (non-hydrogen) atoms. The van der Waals surface area contributed by atoms with E-state index in [0.29, 0.717) is 11.1 Å². The number of pyridine rings is 1. The fourth-order valence-electron chi connectivity index (χ4n) is 3.63. The number of benzene rings is 2. The molecule has 0 aliphatic carbocycles. The summed E-state index contributed by atoms with van der Waals surface area (Å²) in [5, 5.41) is 15.4. The summed E-state index contributed by atoms with van der Waals surface area (Å²) in [5.41, 5.74) is 3.42. The number of aryl methyl sites for hydroxylation is 3. The zero-order valence-corrected chi connectivity index (χ0v) is 19.7. The average Bonchev–Trinajstić information content (AvgIpc) is 2.81. The number of rotatable bonds is 7. The van der Waals surface area contributed by atoms with E-state index in [9.17, 15) is 19.5 Å². The van der Waals surface area contributed by atoms with Crippen molar-refractivity contribution in [3.63, 3.8) is 0 Å². The van der Waals surface area contributed by atoms with Crippen molar-refractivity contribution in [2.24, 2.45) is 7.05 Å². The lowest BCUT2D eigenvalue weighted by Gasteiger charge is -2.20.